The van der Waals surface area contributed by atoms with Crippen molar-refractivity contribution in [1.29, 1.82) is 0 Å². The first-order valence-electron chi connectivity index (χ1n) is 6.01. The van der Waals surface area contributed by atoms with Gasteiger partial charge in [0.25, 0.3) is 0 Å². The Kier molecular flexibility index (Phi) is 13.5. The summed E-state index contributed by atoms with van der Waals surface area (Å²) in [5, 5.41) is 0. The quantitative estimate of drug-likeness (QED) is 0.330. The summed E-state index contributed by atoms with van der Waals surface area (Å²) in [5.74, 6) is -0.263. The molecule has 0 aliphatic carbocycles. The summed E-state index contributed by atoms with van der Waals surface area (Å²) in [7, 11) is 0. The molecule has 0 aromatic carbocycles. The van der Waals surface area contributed by atoms with Gasteiger partial charge in [-0.15, -0.1) is 0 Å². The van der Waals surface area contributed by atoms with Crippen molar-refractivity contribution in [2.75, 3.05) is 6.61 Å². The van der Waals surface area contributed by atoms with Gasteiger partial charge in [0.2, 0.25) is 0 Å². The van der Waals surface area contributed by atoms with E-state index in [1.54, 1.807) is 6.92 Å². The van der Waals surface area contributed by atoms with Crippen LogP contribution in [-0.2, 0) is 9.53 Å². The first-order valence-corrected chi connectivity index (χ1v) is 6.01. The second-order valence-corrected chi connectivity index (χ2v) is 4.04. The minimum absolute atomic E-state index is 0. The molecule has 0 atom stereocenters. The van der Waals surface area contributed by atoms with E-state index in [2.05, 4.69) is 13.5 Å². The molecule has 0 bridgehead atoms. The van der Waals surface area contributed by atoms with Crippen LogP contribution in [0.1, 0.15) is 66.2 Å². The van der Waals surface area contributed by atoms with Gasteiger partial charge in [-0.05, 0) is 13.3 Å². The second-order valence-electron chi connectivity index (χ2n) is 4.04. The number of carbonyl (C=O) groups is 1. The van der Waals surface area contributed by atoms with Gasteiger partial charge < -0.3 is 4.74 Å². The molecule has 0 heterocycles. The van der Waals surface area contributed by atoms with E-state index in [4.69, 9.17) is 4.74 Å². The normalized spacial score (nSPS) is 9.38. The van der Waals surface area contributed by atoms with Crippen molar-refractivity contribution < 1.29 is 9.53 Å². The van der Waals surface area contributed by atoms with E-state index >= 15 is 0 Å². The number of hydrogen-bond donors (Lipinski definition) is 0. The van der Waals surface area contributed by atoms with E-state index in [1.807, 2.05) is 0 Å². The first kappa shape index (κ1) is 17.6. The average molecular weight is 228 g/mol. The zero-order chi connectivity index (χ0) is 11.5. The molecule has 0 amide bonds. The molecular formula is C14H28O2. The lowest BCUT2D eigenvalue weighted by Gasteiger charge is -2.04. The smallest absolute Gasteiger partial charge is 0.333 e. The molecule has 16 heavy (non-hydrogen) atoms. The van der Waals surface area contributed by atoms with Gasteiger partial charge in [-0.1, -0.05) is 59.5 Å². The molecule has 0 saturated carbocycles. The predicted molar refractivity (Wildman–Crippen MR) is 70.5 cm³/mol. The summed E-state index contributed by atoms with van der Waals surface area (Å²) in [6.45, 7) is 7.96. The monoisotopic (exact) mass is 228 g/mol. The van der Waals surface area contributed by atoms with Crippen molar-refractivity contribution >= 4 is 5.97 Å². The zero-order valence-electron chi connectivity index (χ0n) is 10.2. The summed E-state index contributed by atoms with van der Waals surface area (Å²) in [5.41, 5.74) is 0.484. The van der Waals surface area contributed by atoms with Gasteiger partial charge in [-0.2, -0.15) is 0 Å². The Morgan fingerprint density at radius 2 is 1.56 bits per heavy atom. The number of unbranched alkanes of at least 4 members (excludes halogenated alkanes) is 6. The minimum Gasteiger partial charge on any atom is -0.462 e. The van der Waals surface area contributed by atoms with E-state index in [0.29, 0.717) is 12.2 Å². The van der Waals surface area contributed by atoms with Gasteiger partial charge in [-0.3, -0.25) is 0 Å². The van der Waals surface area contributed by atoms with Crippen LogP contribution in [0.5, 0.6) is 0 Å². The fourth-order valence-electron chi connectivity index (χ4n) is 1.35. The maximum Gasteiger partial charge on any atom is 0.333 e. The summed E-state index contributed by atoms with van der Waals surface area (Å²) in [6, 6.07) is 0. The number of esters is 1. The molecule has 0 spiro atoms. The molecule has 2 heteroatoms. The lowest BCUT2D eigenvalue weighted by atomic mass is 10.1. The highest BCUT2D eigenvalue weighted by Gasteiger charge is 2.01. The van der Waals surface area contributed by atoms with Crippen LogP contribution in [0.2, 0.25) is 0 Å². The summed E-state index contributed by atoms with van der Waals surface area (Å²) < 4.78 is 4.99. The molecule has 0 radical (unpaired) electrons. The molecule has 0 saturated heterocycles. The Morgan fingerprint density at radius 1 is 1.06 bits per heavy atom. The lowest BCUT2D eigenvalue weighted by molar-refractivity contribution is -0.139. The van der Waals surface area contributed by atoms with Crippen LogP contribution in [0, 0.1) is 0 Å². The van der Waals surface area contributed by atoms with E-state index in [0.717, 1.165) is 12.8 Å². The van der Waals surface area contributed by atoms with Crippen LogP contribution in [0.15, 0.2) is 12.2 Å². The summed E-state index contributed by atoms with van der Waals surface area (Å²) in [6.07, 6.45) is 8.66. The number of ether oxygens (including phenoxy) is 1. The van der Waals surface area contributed by atoms with Gasteiger partial charge >= 0.3 is 5.97 Å². The first-order chi connectivity index (χ1) is 7.18. The highest BCUT2D eigenvalue weighted by atomic mass is 16.5. The molecule has 0 aliphatic rings. The topological polar surface area (TPSA) is 26.3 Å². The van der Waals surface area contributed by atoms with Crippen molar-refractivity contribution in [3.63, 3.8) is 0 Å². The molecule has 0 N–H and O–H groups in total. The molecule has 0 rings (SSSR count). The van der Waals surface area contributed by atoms with E-state index in [9.17, 15) is 4.79 Å². The third-order valence-electron chi connectivity index (χ3n) is 2.33. The molecule has 0 fully saturated rings. The van der Waals surface area contributed by atoms with Crippen LogP contribution < -0.4 is 0 Å². The van der Waals surface area contributed by atoms with Crippen molar-refractivity contribution in [3.05, 3.63) is 12.2 Å². The Morgan fingerprint density at radius 3 is 2.06 bits per heavy atom. The molecule has 0 aliphatic heterocycles. The summed E-state index contributed by atoms with van der Waals surface area (Å²) >= 11 is 0. The van der Waals surface area contributed by atoms with Crippen LogP contribution in [0.4, 0.5) is 0 Å². The largest absolute Gasteiger partial charge is 0.462 e. The fraction of sp³-hybridized carbons (Fsp3) is 0.786. The Bertz CT molecular complexity index is 185. The van der Waals surface area contributed by atoms with Gasteiger partial charge in [0.1, 0.15) is 0 Å². The maximum atomic E-state index is 11.0. The number of hydrogen-bond acceptors (Lipinski definition) is 2. The minimum atomic E-state index is -0.263. The predicted octanol–water partition coefficient (Wildman–Crippen LogP) is 4.49. The van der Waals surface area contributed by atoms with Crippen LogP contribution in [0.3, 0.4) is 0 Å². The Balaban J connectivity index is 0. The zero-order valence-corrected chi connectivity index (χ0v) is 10.2. The standard InChI is InChI=1S/C13H24O2.CH4/c1-4-5-6-7-8-9-10-11-15-13(14)12(2)3;/h2,4-11H2,1,3H3;1H4. The average Bonchev–Trinajstić information content (AvgIpc) is 2.21. The molecule has 0 aromatic heterocycles. The van der Waals surface area contributed by atoms with Crippen molar-refractivity contribution in [1.82, 2.24) is 0 Å². The lowest BCUT2D eigenvalue weighted by Crippen LogP contribution is -2.05. The van der Waals surface area contributed by atoms with Crippen molar-refractivity contribution in [3.8, 4) is 0 Å². The Labute approximate surface area is 101 Å². The van der Waals surface area contributed by atoms with Crippen LogP contribution >= 0.6 is 0 Å². The molecular weight excluding hydrogens is 200 g/mol. The van der Waals surface area contributed by atoms with Gasteiger partial charge in [0.15, 0.2) is 0 Å². The molecule has 0 aromatic rings. The molecule has 0 unspecified atom stereocenters. The van der Waals surface area contributed by atoms with E-state index < -0.39 is 0 Å². The van der Waals surface area contributed by atoms with Gasteiger partial charge in [0.05, 0.1) is 6.61 Å². The third kappa shape index (κ3) is 11.3. The molecule has 2 nitrogen and oxygen atoms in total. The van der Waals surface area contributed by atoms with Gasteiger partial charge in [-0.25, -0.2) is 4.79 Å². The molecule has 96 valence electrons. The van der Waals surface area contributed by atoms with E-state index in [1.165, 1.54) is 32.1 Å². The maximum absolute atomic E-state index is 11.0. The van der Waals surface area contributed by atoms with Crippen LogP contribution in [-0.4, -0.2) is 12.6 Å². The van der Waals surface area contributed by atoms with E-state index in [-0.39, 0.29) is 13.4 Å². The number of rotatable bonds is 9. The number of carbonyl (C=O) groups excluding carboxylic acids is 1. The van der Waals surface area contributed by atoms with Crippen molar-refractivity contribution in [2.45, 2.75) is 66.2 Å². The highest BCUT2D eigenvalue weighted by Crippen LogP contribution is 2.07. The fourth-order valence-corrected chi connectivity index (χ4v) is 1.35. The second kappa shape index (κ2) is 12.3. The van der Waals surface area contributed by atoms with Gasteiger partial charge in [0, 0.05) is 5.57 Å². The summed E-state index contributed by atoms with van der Waals surface area (Å²) in [4.78, 5) is 11.0. The SMILES string of the molecule is C.C=C(C)C(=O)OCCCCCCCCC. The van der Waals surface area contributed by atoms with Crippen molar-refractivity contribution in [2.24, 2.45) is 0 Å². The third-order valence-corrected chi connectivity index (χ3v) is 2.33. The highest BCUT2D eigenvalue weighted by molar-refractivity contribution is 5.86. The van der Waals surface area contributed by atoms with Crippen LogP contribution in [0.25, 0.3) is 0 Å². The Hall–Kier alpha value is -0.790.